The lowest BCUT2D eigenvalue weighted by Gasteiger charge is -2.31. The molecule has 4 nitrogen and oxygen atoms in total. The Kier molecular flexibility index (Phi) is 4.55. The molecule has 1 saturated carbocycles. The summed E-state index contributed by atoms with van der Waals surface area (Å²) in [4.78, 5) is 12.2. The van der Waals surface area contributed by atoms with E-state index in [-0.39, 0.29) is 11.4 Å². The van der Waals surface area contributed by atoms with Crippen LogP contribution in [0.2, 0.25) is 5.02 Å². The molecule has 1 aliphatic carbocycles. The van der Waals surface area contributed by atoms with Gasteiger partial charge in [0.05, 0.1) is 10.6 Å². The zero-order chi connectivity index (χ0) is 14.8. The molecule has 0 aromatic heterocycles. The molecule has 0 saturated heterocycles. The van der Waals surface area contributed by atoms with Gasteiger partial charge in [0.25, 0.3) is 5.91 Å². The van der Waals surface area contributed by atoms with Crippen molar-refractivity contribution in [2.24, 2.45) is 11.7 Å². The molecule has 2 unspecified atom stereocenters. The Labute approximate surface area is 124 Å². The fourth-order valence-corrected chi connectivity index (χ4v) is 2.39. The number of amides is 1. The van der Waals surface area contributed by atoms with E-state index in [1.165, 1.54) is 0 Å². The van der Waals surface area contributed by atoms with Crippen molar-refractivity contribution in [3.8, 4) is 5.75 Å². The molecular weight excluding hydrogens is 276 g/mol. The second-order valence-electron chi connectivity index (χ2n) is 5.58. The van der Waals surface area contributed by atoms with Crippen LogP contribution in [0.5, 0.6) is 5.75 Å². The fraction of sp³-hybridized carbons (Fsp3) is 0.533. The highest BCUT2D eigenvalue weighted by molar-refractivity contribution is 6.32. The molecule has 0 heterocycles. The van der Waals surface area contributed by atoms with Gasteiger partial charge in [0, 0.05) is 6.54 Å². The minimum atomic E-state index is -0.612. The van der Waals surface area contributed by atoms with Crippen molar-refractivity contribution in [2.45, 2.75) is 38.3 Å². The minimum Gasteiger partial charge on any atom is -0.479 e. The van der Waals surface area contributed by atoms with E-state index in [0.29, 0.717) is 23.2 Å². The third-order valence-electron chi connectivity index (χ3n) is 3.82. The van der Waals surface area contributed by atoms with E-state index >= 15 is 0 Å². The lowest BCUT2D eigenvalue weighted by Crippen LogP contribution is -2.56. The number of benzene rings is 1. The SMILES string of the molecule is CC(Oc1ccccc1Cl)C(=O)NC(C)(CN)C1CC1. The monoisotopic (exact) mass is 296 g/mol. The zero-order valence-electron chi connectivity index (χ0n) is 11.9. The highest BCUT2D eigenvalue weighted by Crippen LogP contribution is 2.39. The molecule has 0 spiro atoms. The van der Waals surface area contributed by atoms with E-state index < -0.39 is 6.10 Å². The van der Waals surface area contributed by atoms with Crippen LogP contribution in [0.3, 0.4) is 0 Å². The van der Waals surface area contributed by atoms with E-state index in [4.69, 9.17) is 22.1 Å². The molecule has 1 aromatic rings. The van der Waals surface area contributed by atoms with Gasteiger partial charge in [-0.2, -0.15) is 0 Å². The fourth-order valence-electron chi connectivity index (χ4n) is 2.21. The van der Waals surface area contributed by atoms with Gasteiger partial charge >= 0.3 is 0 Å². The van der Waals surface area contributed by atoms with E-state index in [1.807, 2.05) is 19.1 Å². The van der Waals surface area contributed by atoms with Gasteiger partial charge in [0.1, 0.15) is 5.75 Å². The lowest BCUT2D eigenvalue weighted by atomic mass is 9.95. The summed E-state index contributed by atoms with van der Waals surface area (Å²) >= 11 is 6.02. The van der Waals surface area contributed by atoms with Crippen LogP contribution in [0.25, 0.3) is 0 Å². The number of hydrogen-bond acceptors (Lipinski definition) is 3. The Morgan fingerprint density at radius 2 is 2.20 bits per heavy atom. The third kappa shape index (κ3) is 3.44. The predicted molar refractivity (Wildman–Crippen MR) is 79.9 cm³/mol. The van der Waals surface area contributed by atoms with Crippen LogP contribution < -0.4 is 15.8 Å². The average molecular weight is 297 g/mol. The summed E-state index contributed by atoms with van der Waals surface area (Å²) < 4.78 is 5.61. The van der Waals surface area contributed by atoms with Crippen LogP contribution in [-0.2, 0) is 4.79 Å². The Morgan fingerprint density at radius 1 is 1.55 bits per heavy atom. The van der Waals surface area contributed by atoms with Crippen molar-refractivity contribution in [2.75, 3.05) is 6.54 Å². The van der Waals surface area contributed by atoms with Gasteiger partial charge in [-0.05, 0) is 44.7 Å². The molecule has 2 atom stereocenters. The molecule has 5 heteroatoms. The quantitative estimate of drug-likeness (QED) is 0.847. The molecule has 2 rings (SSSR count). The summed E-state index contributed by atoms with van der Waals surface area (Å²) in [5.41, 5.74) is 5.46. The molecule has 20 heavy (non-hydrogen) atoms. The maximum atomic E-state index is 12.2. The molecule has 0 bridgehead atoms. The number of ether oxygens (including phenoxy) is 1. The topological polar surface area (TPSA) is 64.3 Å². The maximum absolute atomic E-state index is 12.2. The number of nitrogens with one attached hydrogen (secondary N) is 1. The Balaban J connectivity index is 1.97. The van der Waals surface area contributed by atoms with Crippen molar-refractivity contribution < 1.29 is 9.53 Å². The largest absolute Gasteiger partial charge is 0.479 e. The second kappa shape index (κ2) is 6.02. The molecule has 1 aromatic carbocycles. The van der Waals surface area contributed by atoms with Crippen LogP contribution in [0, 0.1) is 5.92 Å². The lowest BCUT2D eigenvalue weighted by molar-refractivity contribution is -0.129. The predicted octanol–water partition coefficient (Wildman–Crippen LogP) is 2.35. The van der Waals surface area contributed by atoms with Crippen molar-refractivity contribution in [1.82, 2.24) is 5.32 Å². The average Bonchev–Trinajstić information content (AvgIpc) is 3.26. The summed E-state index contributed by atoms with van der Waals surface area (Å²) in [6.07, 6.45) is 1.63. The first-order valence-electron chi connectivity index (χ1n) is 6.89. The highest BCUT2D eigenvalue weighted by Gasteiger charge is 2.42. The molecule has 110 valence electrons. The molecule has 3 N–H and O–H groups in total. The Hall–Kier alpha value is -1.26. The second-order valence-corrected chi connectivity index (χ2v) is 5.98. The van der Waals surface area contributed by atoms with Gasteiger partial charge in [-0.1, -0.05) is 23.7 Å². The van der Waals surface area contributed by atoms with Gasteiger partial charge in [-0.3, -0.25) is 4.79 Å². The zero-order valence-corrected chi connectivity index (χ0v) is 12.6. The normalized spacial score (nSPS) is 19.0. The smallest absolute Gasteiger partial charge is 0.261 e. The van der Waals surface area contributed by atoms with E-state index in [1.54, 1.807) is 19.1 Å². The number of carbonyl (C=O) groups is 1. The van der Waals surface area contributed by atoms with Crippen LogP contribution in [0.15, 0.2) is 24.3 Å². The van der Waals surface area contributed by atoms with Gasteiger partial charge in [0.15, 0.2) is 6.10 Å². The van der Waals surface area contributed by atoms with Crippen LogP contribution in [0.4, 0.5) is 0 Å². The molecule has 0 aliphatic heterocycles. The summed E-state index contributed by atoms with van der Waals surface area (Å²) in [5.74, 6) is 0.825. The van der Waals surface area contributed by atoms with Crippen molar-refractivity contribution in [1.29, 1.82) is 0 Å². The Bertz CT molecular complexity index is 491. The maximum Gasteiger partial charge on any atom is 0.261 e. The summed E-state index contributed by atoms with van der Waals surface area (Å²) in [7, 11) is 0. The Morgan fingerprint density at radius 3 is 2.75 bits per heavy atom. The number of para-hydroxylation sites is 1. The number of hydrogen-bond donors (Lipinski definition) is 2. The molecule has 1 fully saturated rings. The van der Waals surface area contributed by atoms with E-state index in [2.05, 4.69) is 5.32 Å². The first kappa shape index (κ1) is 15.1. The standard InChI is InChI=1S/C15H21ClN2O2/c1-10(20-13-6-4-3-5-12(13)16)14(19)18-15(2,9-17)11-7-8-11/h3-6,10-11H,7-9,17H2,1-2H3,(H,18,19). The van der Waals surface area contributed by atoms with Crippen LogP contribution in [0.1, 0.15) is 26.7 Å². The van der Waals surface area contributed by atoms with Gasteiger partial charge in [0.2, 0.25) is 0 Å². The number of halogens is 1. The van der Waals surface area contributed by atoms with Crippen molar-refractivity contribution in [3.05, 3.63) is 29.3 Å². The summed E-state index contributed by atoms with van der Waals surface area (Å²) in [6, 6.07) is 7.11. The van der Waals surface area contributed by atoms with Gasteiger partial charge in [-0.15, -0.1) is 0 Å². The molecule has 0 radical (unpaired) electrons. The van der Waals surface area contributed by atoms with Crippen LogP contribution >= 0.6 is 11.6 Å². The van der Waals surface area contributed by atoms with Gasteiger partial charge < -0.3 is 15.8 Å². The van der Waals surface area contributed by atoms with Crippen molar-refractivity contribution >= 4 is 17.5 Å². The molecule has 1 aliphatic rings. The number of nitrogens with two attached hydrogens (primary N) is 1. The van der Waals surface area contributed by atoms with Crippen molar-refractivity contribution in [3.63, 3.8) is 0 Å². The van der Waals surface area contributed by atoms with Gasteiger partial charge in [-0.25, -0.2) is 0 Å². The van der Waals surface area contributed by atoms with Crippen LogP contribution in [-0.4, -0.2) is 24.1 Å². The van der Waals surface area contributed by atoms with E-state index in [9.17, 15) is 4.79 Å². The summed E-state index contributed by atoms with van der Waals surface area (Å²) in [6.45, 7) is 4.13. The summed E-state index contributed by atoms with van der Waals surface area (Å²) in [5, 5.41) is 3.51. The molecule has 1 amide bonds. The molecular formula is C15H21ClN2O2. The van der Waals surface area contributed by atoms with E-state index in [0.717, 1.165) is 12.8 Å². The highest BCUT2D eigenvalue weighted by atomic mass is 35.5. The minimum absolute atomic E-state index is 0.162. The first-order valence-corrected chi connectivity index (χ1v) is 7.27. The number of rotatable bonds is 6. The third-order valence-corrected chi connectivity index (χ3v) is 4.13. The first-order chi connectivity index (χ1) is 9.46. The number of carbonyl (C=O) groups excluding carboxylic acids is 1.